The molecule has 2 N–H and O–H groups in total. The topological polar surface area (TPSA) is 45.2 Å². The molecule has 4 heteroatoms. The molecule has 2 unspecified atom stereocenters. The zero-order valence-electron chi connectivity index (χ0n) is 10.1. The molecule has 1 fully saturated rings. The van der Waals surface area contributed by atoms with Crippen molar-refractivity contribution in [3.63, 3.8) is 0 Å². The van der Waals surface area contributed by atoms with Crippen LogP contribution in [0, 0.1) is 18.8 Å². The average Bonchev–Trinajstić information content (AvgIpc) is 2.78. The normalized spacial score (nSPS) is 23.9. The lowest BCUT2D eigenvalue weighted by molar-refractivity contribution is 0.199. The van der Waals surface area contributed by atoms with Gasteiger partial charge in [-0.15, -0.1) is 0 Å². The molecule has 0 spiro atoms. The molecule has 3 nitrogen and oxygen atoms in total. The monoisotopic (exact) mass is 298 g/mol. The fourth-order valence-electron chi connectivity index (χ4n) is 2.50. The van der Waals surface area contributed by atoms with Crippen LogP contribution >= 0.6 is 15.9 Å². The molecule has 2 atom stereocenters. The summed E-state index contributed by atoms with van der Waals surface area (Å²) in [5, 5.41) is 12.6. The van der Waals surface area contributed by atoms with E-state index in [-0.39, 0.29) is 0 Å². The van der Waals surface area contributed by atoms with Gasteiger partial charge in [-0.2, -0.15) is 0 Å². The van der Waals surface area contributed by atoms with Crippen LogP contribution in [0.15, 0.2) is 16.6 Å². The zero-order valence-corrected chi connectivity index (χ0v) is 11.7. The van der Waals surface area contributed by atoms with Crippen molar-refractivity contribution in [3.8, 4) is 0 Å². The van der Waals surface area contributed by atoms with Crippen molar-refractivity contribution in [2.24, 2.45) is 11.8 Å². The van der Waals surface area contributed by atoms with E-state index in [9.17, 15) is 5.11 Å². The van der Waals surface area contributed by atoms with E-state index in [1.807, 2.05) is 19.1 Å². The number of hydrogen-bond donors (Lipinski definition) is 2. The Morgan fingerprint density at radius 1 is 1.41 bits per heavy atom. The molecule has 0 aromatic carbocycles. The molecule has 1 heterocycles. The summed E-state index contributed by atoms with van der Waals surface area (Å²) in [4.78, 5) is 4.46. The predicted molar refractivity (Wildman–Crippen MR) is 73.1 cm³/mol. The molecule has 1 aromatic rings. The molecule has 17 heavy (non-hydrogen) atoms. The van der Waals surface area contributed by atoms with Crippen molar-refractivity contribution in [1.82, 2.24) is 4.98 Å². The second-order valence-electron chi connectivity index (χ2n) is 4.78. The van der Waals surface area contributed by atoms with E-state index >= 15 is 0 Å². The van der Waals surface area contributed by atoms with Crippen LogP contribution in [0.4, 0.5) is 5.82 Å². The van der Waals surface area contributed by atoms with Crippen LogP contribution in [0.3, 0.4) is 0 Å². The highest BCUT2D eigenvalue weighted by Crippen LogP contribution is 2.31. The standard InChI is InChI=1S/C13H19BrN2O/c1-9-12(14)5-6-13(16-9)15-7-10-3-2-4-11(10)8-17/h5-6,10-11,17H,2-4,7-8H2,1H3,(H,15,16). The fraction of sp³-hybridized carbons (Fsp3) is 0.615. The van der Waals surface area contributed by atoms with Crippen LogP contribution in [0.1, 0.15) is 25.0 Å². The zero-order chi connectivity index (χ0) is 12.3. The number of aryl methyl sites for hydroxylation is 1. The highest BCUT2D eigenvalue weighted by molar-refractivity contribution is 9.10. The van der Waals surface area contributed by atoms with Gasteiger partial charge in [0.1, 0.15) is 5.82 Å². The van der Waals surface area contributed by atoms with E-state index in [0.29, 0.717) is 18.4 Å². The molecule has 1 aliphatic rings. The Morgan fingerprint density at radius 3 is 2.88 bits per heavy atom. The molecule has 2 rings (SSSR count). The summed E-state index contributed by atoms with van der Waals surface area (Å²) < 4.78 is 1.04. The number of aromatic nitrogens is 1. The Hall–Kier alpha value is -0.610. The minimum absolute atomic E-state index is 0.319. The van der Waals surface area contributed by atoms with Crippen molar-refractivity contribution in [1.29, 1.82) is 0 Å². The van der Waals surface area contributed by atoms with Gasteiger partial charge in [-0.25, -0.2) is 4.98 Å². The molecule has 1 saturated carbocycles. The van der Waals surface area contributed by atoms with E-state index in [4.69, 9.17) is 0 Å². The van der Waals surface area contributed by atoms with Gasteiger partial charge in [0.25, 0.3) is 0 Å². The third-order valence-electron chi connectivity index (χ3n) is 3.62. The summed E-state index contributed by atoms with van der Waals surface area (Å²) in [5.41, 5.74) is 1.00. The summed E-state index contributed by atoms with van der Waals surface area (Å²) in [6, 6.07) is 4.00. The average molecular weight is 299 g/mol. The SMILES string of the molecule is Cc1nc(NCC2CCCC2CO)ccc1Br. The second kappa shape index (κ2) is 5.83. The Balaban J connectivity index is 1.91. The van der Waals surface area contributed by atoms with Crippen LogP contribution in [-0.2, 0) is 0 Å². The molecule has 0 aliphatic heterocycles. The summed E-state index contributed by atoms with van der Waals surface area (Å²) in [5.74, 6) is 1.99. The maximum Gasteiger partial charge on any atom is 0.126 e. The fourth-order valence-corrected chi connectivity index (χ4v) is 2.72. The van der Waals surface area contributed by atoms with Gasteiger partial charge in [-0.05, 0) is 59.7 Å². The number of hydrogen-bond acceptors (Lipinski definition) is 3. The maximum atomic E-state index is 9.26. The lowest BCUT2D eigenvalue weighted by Gasteiger charge is -2.18. The number of aliphatic hydroxyl groups excluding tert-OH is 1. The smallest absolute Gasteiger partial charge is 0.126 e. The molecular formula is C13H19BrN2O. The summed E-state index contributed by atoms with van der Waals surface area (Å²) in [7, 11) is 0. The predicted octanol–water partition coefficient (Wildman–Crippen LogP) is 2.97. The quantitative estimate of drug-likeness (QED) is 0.898. The van der Waals surface area contributed by atoms with Crippen LogP contribution < -0.4 is 5.32 Å². The van der Waals surface area contributed by atoms with Gasteiger partial charge >= 0.3 is 0 Å². The first-order valence-corrected chi connectivity index (χ1v) is 6.98. The number of nitrogens with zero attached hydrogens (tertiary/aromatic N) is 1. The highest BCUT2D eigenvalue weighted by atomic mass is 79.9. The molecule has 1 aromatic heterocycles. The summed E-state index contributed by atoms with van der Waals surface area (Å²) in [6.45, 7) is 3.22. The first kappa shape index (κ1) is 12.8. The molecule has 0 saturated heterocycles. The van der Waals surface area contributed by atoms with Gasteiger partial charge in [0.05, 0.1) is 5.69 Å². The van der Waals surface area contributed by atoms with Crippen LogP contribution in [0.2, 0.25) is 0 Å². The second-order valence-corrected chi connectivity index (χ2v) is 5.63. The Kier molecular flexibility index (Phi) is 4.40. The summed E-state index contributed by atoms with van der Waals surface area (Å²) >= 11 is 3.44. The molecular weight excluding hydrogens is 280 g/mol. The van der Waals surface area contributed by atoms with Gasteiger partial charge in [0.15, 0.2) is 0 Å². The van der Waals surface area contributed by atoms with E-state index in [0.717, 1.165) is 29.0 Å². The molecule has 0 radical (unpaired) electrons. The van der Waals surface area contributed by atoms with Gasteiger partial charge in [0.2, 0.25) is 0 Å². The lowest BCUT2D eigenvalue weighted by atomic mass is 9.97. The number of halogens is 1. The Labute approximate surface area is 111 Å². The minimum atomic E-state index is 0.319. The number of rotatable bonds is 4. The molecule has 1 aliphatic carbocycles. The van der Waals surface area contributed by atoms with Crippen LogP contribution in [0.5, 0.6) is 0 Å². The Morgan fingerprint density at radius 2 is 2.18 bits per heavy atom. The van der Waals surface area contributed by atoms with Gasteiger partial charge < -0.3 is 10.4 Å². The lowest BCUT2D eigenvalue weighted by Crippen LogP contribution is -2.21. The van der Waals surface area contributed by atoms with Crippen molar-refractivity contribution >= 4 is 21.7 Å². The first-order valence-electron chi connectivity index (χ1n) is 6.18. The third kappa shape index (κ3) is 3.19. The van der Waals surface area contributed by atoms with Crippen LogP contribution in [0.25, 0.3) is 0 Å². The number of aliphatic hydroxyl groups is 1. The summed E-state index contributed by atoms with van der Waals surface area (Å²) in [6.07, 6.45) is 3.62. The van der Waals surface area contributed by atoms with E-state index in [1.54, 1.807) is 0 Å². The number of nitrogens with one attached hydrogen (secondary N) is 1. The number of anilines is 1. The van der Waals surface area contributed by atoms with E-state index in [1.165, 1.54) is 12.8 Å². The maximum absolute atomic E-state index is 9.26. The van der Waals surface area contributed by atoms with Crippen molar-refractivity contribution in [2.75, 3.05) is 18.5 Å². The minimum Gasteiger partial charge on any atom is -0.396 e. The van der Waals surface area contributed by atoms with Gasteiger partial charge in [-0.3, -0.25) is 0 Å². The van der Waals surface area contributed by atoms with Crippen molar-refractivity contribution in [2.45, 2.75) is 26.2 Å². The van der Waals surface area contributed by atoms with Gasteiger partial charge in [-0.1, -0.05) is 6.42 Å². The highest BCUT2D eigenvalue weighted by Gasteiger charge is 2.26. The first-order chi connectivity index (χ1) is 8.20. The van der Waals surface area contributed by atoms with Gasteiger partial charge in [0, 0.05) is 17.6 Å². The number of pyridine rings is 1. The molecule has 0 bridgehead atoms. The van der Waals surface area contributed by atoms with E-state index < -0.39 is 0 Å². The van der Waals surface area contributed by atoms with Crippen LogP contribution in [-0.4, -0.2) is 23.2 Å². The molecule has 94 valence electrons. The third-order valence-corrected chi connectivity index (χ3v) is 4.46. The van der Waals surface area contributed by atoms with E-state index in [2.05, 4.69) is 26.2 Å². The molecule has 0 amide bonds. The van der Waals surface area contributed by atoms with Crippen molar-refractivity contribution in [3.05, 3.63) is 22.3 Å². The Bertz CT molecular complexity index is 384. The largest absolute Gasteiger partial charge is 0.396 e. The van der Waals surface area contributed by atoms with Crippen molar-refractivity contribution < 1.29 is 5.11 Å².